The van der Waals surface area contributed by atoms with Gasteiger partial charge in [0.1, 0.15) is 11.1 Å². The summed E-state index contributed by atoms with van der Waals surface area (Å²) in [5.74, 6) is -1.12. The van der Waals surface area contributed by atoms with E-state index in [1.807, 2.05) is 30.3 Å². The van der Waals surface area contributed by atoms with E-state index in [1.54, 1.807) is 34.7 Å². The number of likely N-dealkylation sites (N-methyl/N-ethyl adjacent to an activating group) is 1. The second kappa shape index (κ2) is 8.51. The maximum atomic E-state index is 13.3. The van der Waals surface area contributed by atoms with Gasteiger partial charge in [-0.2, -0.15) is 0 Å². The fourth-order valence-corrected chi connectivity index (χ4v) is 3.15. The SMILES string of the molecule is CN(C(=O)C(C)(C)NC(=O)C1(NC(=O)C(C)(C)N)CCOCC1)c1ccccc1. The van der Waals surface area contributed by atoms with Crippen molar-refractivity contribution in [1.29, 1.82) is 0 Å². The van der Waals surface area contributed by atoms with Gasteiger partial charge >= 0.3 is 0 Å². The summed E-state index contributed by atoms with van der Waals surface area (Å²) in [4.78, 5) is 40.3. The number of benzene rings is 1. The minimum absolute atomic E-state index is 0.273. The van der Waals surface area contributed by atoms with E-state index in [-0.39, 0.29) is 5.91 Å². The van der Waals surface area contributed by atoms with Crippen LogP contribution in [0.4, 0.5) is 5.69 Å². The molecule has 4 N–H and O–H groups in total. The van der Waals surface area contributed by atoms with Gasteiger partial charge in [-0.25, -0.2) is 0 Å². The van der Waals surface area contributed by atoms with Gasteiger partial charge in [0.15, 0.2) is 0 Å². The maximum Gasteiger partial charge on any atom is 0.251 e. The summed E-state index contributed by atoms with van der Waals surface area (Å²) in [6, 6.07) is 9.18. The molecule has 8 nitrogen and oxygen atoms in total. The van der Waals surface area contributed by atoms with E-state index in [1.165, 1.54) is 4.90 Å². The van der Waals surface area contributed by atoms with Crippen molar-refractivity contribution in [2.75, 3.05) is 25.2 Å². The van der Waals surface area contributed by atoms with E-state index in [2.05, 4.69) is 10.6 Å². The lowest BCUT2D eigenvalue weighted by Gasteiger charge is -2.40. The Morgan fingerprint density at radius 1 is 1.07 bits per heavy atom. The first-order valence-electron chi connectivity index (χ1n) is 9.74. The molecule has 160 valence electrons. The zero-order chi connectivity index (χ0) is 21.9. The van der Waals surface area contributed by atoms with Crippen LogP contribution in [0.3, 0.4) is 0 Å². The predicted molar refractivity (Wildman–Crippen MR) is 111 cm³/mol. The van der Waals surface area contributed by atoms with Crippen molar-refractivity contribution in [1.82, 2.24) is 10.6 Å². The molecule has 0 radical (unpaired) electrons. The summed E-state index contributed by atoms with van der Waals surface area (Å²) < 4.78 is 5.38. The number of para-hydroxylation sites is 1. The molecule has 0 aliphatic carbocycles. The van der Waals surface area contributed by atoms with Gasteiger partial charge in [0.05, 0.1) is 5.54 Å². The number of carbonyl (C=O) groups excluding carboxylic acids is 3. The highest BCUT2D eigenvalue weighted by molar-refractivity contribution is 6.03. The van der Waals surface area contributed by atoms with Crippen molar-refractivity contribution in [2.45, 2.75) is 57.2 Å². The monoisotopic (exact) mass is 404 g/mol. The summed E-state index contributed by atoms with van der Waals surface area (Å²) in [6.07, 6.45) is 0.610. The third kappa shape index (κ3) is 5.33. The fourth-order valence-electron chi connectivity index (χ4n) is 3.15. The number of rotatable bonds is 6. The molecule has 29 heavy (non-hydrogen) atoms. The Hall–Kier alpha value is -2.45. The highest BCUT2D eigenvalue weighted by atomic mass is 16.5. The quantitative estimate of drug-likeness (QED) is 0.653. The van der Waals surface area contributed by atoms with E-state index in [0.717, 1.165) is 5.69 Å². The van der Waals surface area contributed by atoms with Crippen molar-refractivity contribution in [3.63, 3.8) is 0 Å². The zero-order valence-electron chi connectivity index (χ0n) is 17.9. The lowest BCUT2D eigenvalue weighted by Crippen LogP contribution is -2.68. The summed E-state index contributed by atoms with van der Waals surface area (Å²) in [5, 5.41) is 5.65. The summed E-state index contributed by atoms with van der Waals surface area (Å²) in [6.45, 7) is 7.11. The third-order valence-corrected chi connectivity index (χ3v) is 5.13. The van der Waals surface area contributed by atoms with Crippen molar-refractivity contribution >= 4 is 23.4 Å². The van der Waals surface area contributed by atoms with Crippen LogP contribution in [0.15, 0.2) is 30.3 Å². The minimum atomic E-state index is -1.18. The Labute approximate surface area is 172 Å². The Morgan fingerprint density at radius 3 is 2.14 bits per heavy atom. The normalized spacial score (nSPS) is 16.6. The van der Waals surface area contributed by atoms with Crippen LogP contribution in [0.2, 0.25) is 0 Å². The van der Waals surface area contributed by atoms with E-state index in [4.69, 9.17) is 10.5 Å². The number of nitrogens with two attached hydrogens (primary N) is 1. The molecule has 1 aromatic rings. The first-order chi connectivity index (χ1) is 13.4. The lowest BCUT2D eigenvalue weighted by molar-refractivity contribution is -0.142. The van der Waals surface area contributed by atoms with Crippen LogP contribution in [0, 0.1) is 0 Å². The predicted octanol–water partition coefficient (Wildman–Crippen LogP) is 0.947. The smallest absolute Gasteiger partial charge is 0.251 e. The van der Waals surface area contributed by atoms with Crippen LogP contribution in [0.5, 0.6) is 0 Å². The van der Waals surface area contributed by atoms with Gasteiger partial charge in [-0.15, -0.1) is 0 Å². The Morgan fingerprint density at radius 2 is 1.62 bits per heavy atom. The molecule has 1 fully saturated rings. The molecular formula is C21H32N4O4. The van der Waals surface area contributed by atoms with Crippen LogP contribution in [-0.2, 0) is 19.1 Å². The summed E-state index contributed by atoms with van der Waals surface area (Å²) in [5.41, 5.74) is 3.13. The number of anilines is 1. The van der Waals surface area contributed by atoms with Crippen molar-refractivity contribution in [3.05, 3.63) is 30.3 Å². The molecule has 1 aliphatic heterocycles. The molecular weight excluding hydrogens is 372 g/mol. The molecule has 8 heteroatoms. The van der Waals surface area contributed by atoms with Gasteiger partial charge < -0.3 is 26.0 Å². The number of carbonyl (C=O) groups is 3. The molecule has 0 bridgehead atoms. The van der Waals surface area contributed by atoms with Crippen LogP contribution in [-0.4, -0.2) is 54.6 Å². The lowest BCUT2D eigenvalue weighted by atomic mass is 9.86. The average Bonchev–Trinajstić information content (AvgIpc) is 2.67. The van der Waals surface area contributed by atoms with E-state index < -0.39 is 28.4 Å². The largest absolute Gasteiger partial charge is 0.381 e. The van der Waals surface area contributed by atoms with E-state index in [0.29, 0.717) is 26.1 Å². The number of ether oxygens (including phenoxy) is 1. The van der Waals surface area contributed by atoms with Crippen LogP contribution in [0.25, 0.3) is 0 Å². The van der Waals surface area contributed by atoms with Crippen molar-refractivity contribution in [2.24, 2.45) is 5.73 Å². The molecule has 0 saturated carbocycles. The summed E-state index contributed by atoms with van der Waals surface area (Å²) in [7, 11) is 1.66. The Bertz CT molecular complexity index is 750. The molecule has 1 aromatic carbocycles. The van der Waals surface area contributed by atoms with Crippen molar-refractivity contribution in [3.8, 4) is 0 Å². The molecule has 2 rings (SSSR count). The van der Waals surface area contributed by atoms with Gasteiger partial charge in [-0.05, 0) is 39.8 Å². The number of nitrogens with one attached hydrogen (secondary N) is 2. The highest BCUT2D eigenvalue weighted by Crippen LogP contribution is 2.24. The van der Waals surface area contributed by atoms with E-state index >= 15 is 0 Å². The van der Waals surface area contributed by atoms with E-state index in [9.17, 15) is 14.4 Å². The summed E-state index contributed by atoms with van der Waals surface area (Å²) >= 11 is 0. The topological polar surface area (TPSA) is 114 Å². The van der Waals surface area contributed by atoms with Crippen molar-refractivity contribution < 1.29 is 19.1 Å². The molecule has 0 aromatic heterocycles. The number of nitrogens with zero attached hydrogens (tertiary/aromatic N) is 1. The first-order valence-corrected chi connectivity index (χ1v) is 9.74. The molecule has 3 amide bonds. The average molecular weight is 405 g/mol. The number of hydrogen-bond donors (Lipinski definition) is 3. The minimum Gasteiger partial charge on any atom is -0.381 e. The van der Waals surface area contributed by atoms with Gasteiger partial charge in [0.2, 0.25) is 11.8 Å². The molecule has 1 aliphatic rings. The molecule has 1 saturated heterocycles. The molecule has 1 heterocycles. The zero-order valence-corrected chi connectivity index (χ0v) is 17.9. The first kappa shape index (κ1) is 22.8. The standard InChI is InChI=1S/C21H32N4O4/c1-19(2,22)16(26)24-21(11-13-29-14-12-21)17(27)23-20(3,4)18(28)25(5)15-9-7-6-8-10-15/h6-10H,11-14,22H2,1-5H3,(H,23,27)(H,24,26). The van der Waals surface area contributed by atoms with Crippen LogP contribution >= 0.6 is 0 Å². The Kier molecular flexibility index (Phi) is 6.70. The van der Waals surface area contributed by atoms with Crippen LogP contribution < -0.4 is 21.3 Å². The third-order valence-electron chi connectivity index (χ3n) is 5.13. The fraction of sp³-hybridized carbons (Fsp3) is 0.571. The van der Waals surface area contributed by atoms with Gasteiger partial charge in [0, 0.05) is 38.8 Å². The molecule has 0 atom stereocenters. The van der Waals surface area contributed by atoms with Gasteiger partial charge in [-0.1, -0.05) is 18.2 Å². The number of hydrogen-bond acceptors (Lipinski definition) is 5. The second-order valence-electron chi connectivity index (χ2n) is 8.65. The molecule has 0 unspecified atom stereocenters. The highest BCUT2D eigenvalue weighted by Gasteiger charge is 2.46. The Balaban J connectivity index is 2.20. The van der Waals surface area contributed by atoms with Gasteiger partial charge in [0.25, 0.3) is 5.91 Å². The van der Waals surface area contributed by atoms with Crippen LogP contribution in [0.1, 0.15) is 40.5 Å². The molecule has 0 spiro atoms. The van der Waals surface area contributed by atoms with Gasteiger partial charge in [-0.3, -0.25) is 14.4 Å². The number of amides is 3. The maximum absolute atomic E-state index is 13.3. The second-order valence-corrected chi connectivity index (χ2v) is 8.65.